The average molecular weight is 264 g/mol. The lowest BCUT2D eigenvalue weighted by Crippen LogP contribution is -2.18. The van der Waals surface area contributed by atoms with Gasteiger partial charge in [-0.25, -0.2) is 0 Å². The fourth-order valence-electron chi connectivity index (χ4n) is 1.37. The summed E-state index contributed by atoms with van der Waals surface area (Å²) in [5.41, 5.74) is 14.6. The summed E-state index contributed by atoms with van der Waals surface area (Å²) in [5.74, 6) is 0.461. The number of halogens is 1. The molecule has 1 aromatic carbocycles. The first-order valence-electron chi connectivity index (χ1n) is 5.52. The zero-order valence-corrected chi connectivity index (χ0v) is 11.4. The molecule has 1 aromatic rings. The van der Waals surface area contributed by atoms with Crippen molar-refractivity contribution in [2.75, 3.05) is 0 Å². The molecule has 4 heteroatoms. The molecule has 1 rings (SSSR count). The summed E-state index contributed by atoms with van der Waals surface area (Å²) < 4.78 is 0. The second kappa shape index (κ2) is 6.17. The lowest BCUT2D eigenvalue weighted by molar-refractivity contribution is 1.05. The van der Waals surface area contributed by atoms with Gasteiger partial charge in [-0.05, 0) is 38.1 Å². The molecule has 0 aliphatic heterocycles. The number of allylic oxidation sites excluding steroid dienone is 3. The van der Waals surface area contributed by atoms with Crippen molar-refractivity contribution in [1.29, 1.82) is 0 Å². The molecule has 96 valence electrons. The van der Waals surface area contributed by atoms with Crippen molar-refractivity contribution in [2.24, 2.45) is 11.5 Å². The minimum Gasteiger partial charge on any atom is -0.402 e. The maximum atomic E-state index is 6.11. The number of aryl methyl sites for hydroxylation is 1. The lowest BCUT2D eigenvalue weighted by atomic mass is 10.1. The van der Waals surface area contributed by atoms with Crippen LogP contribution >= 0.6 is 11.6 Å². The highest BCUT2D eigenvalue weighted by molar-refractivity contribution is 6.32. The van der Waals surface area contributed by atoms with E-state index in [-0.39, 0.29) is 0 Å². The van der Waals surface area contributed by atoms with Crippen LogP contribution in [-0.2, 0) is 0 Å². The summed E-state index contributed by atoms with van der Waals surface area (Å²) in [4.78, 5) is 0. The molecule has 5 N–H and O–H groups in total. The Balaban J connectivity index is 2.86. The van der Waals surface area contributed by atoms with Crippen molar-refractivity contribution in [3.05, 3.63) is 64.6 Å². The van der Waals surface area contributed by atoms with Gasteiger partial charge in [0.1, 0.15) is 5.82 Å². The number of nitrogens with one attached hydrogen (secondary N) is 1. The van der Waals surface area contributed by atoms with Gasteiger partial charge in [0.25, 0.3) is 0 Å². The van der Waals surface area contributed by atoms with Crippen LogP contribution < -0.4 is 16.8 Å². The minimum absolute atomic E-state index is 0.461. The van der Waals surface area contributed by atoms with Crippen molar-refractivity contribution < 1.29 is 0 Å². The first-order chi connectivity index (χ1) is 8.40. The smallest absolute Gasteiger partial charge is 0.100 e. The van der Waals surface area contributed by atoms with Crippen LogP contribution in [0.1, 0.15) is 18.1 Å². The van der Waals surface area contributed by atoms with E-state index in [1.807, 2.05) is 25.1 Å². The SMILES string of the molecule is C=C(N/C(N)=C/C=C(/C)N)c1cc(C)ccc1Cl. The summed E-state index contributed by atoms with van der Waals surface area (Å²) in [6.07, 6.45) is 3.40. The van der Waals surface area contributed by atoms with E-state index in [4.69, 9.17) is 23.1 Å². The molecule has 0 saturated heterocycles. The Bertz CT molecular complexity index is 512. The predicted octanol–water partition coefficient (Wildman–Crippen LogP) is 2.87. The molecule has 0 spiro atoms. The van der Waals surface area contributed by atoms with E-state index in [1.54, 1.807) is 19.1 Å². The zero-order chi connectivity index (χ0) is 13.7. The molecule has 0 aliphatic carbocycles. The highest BCUT2D eigenvalue weighted by atomic mass is 35.5. The van der Waals surface area contributed by atoms with Crippen molar-refractivity contribution in [3.8, 4) is 0 Å². The zero-order valence-electron chi connectivity index (χ0n) is 10.6. The summed E-state index contributed by atoms with van der Waals surface area (Å²) in [6, 6.07) is 5.73. The fraction of sp³-hybridized carbons (Fsp3) is 0.143. The van der Waals surface area contributed by atoms with Gasteiger partial charge in [-0.3, -0.25) is 0 Å². The highest BCUT2D eigenvalue weighted by Crippen LogP contribution is 2.22. The van der Waals surface area contributed by atoms with Gasteiger partial charge in [0.15, 0.2) is 0 Å². The van der Waals surface area contributed by atoms with E-state index in [0.29, 0.717) is 22.2 Å². The molecule has 0 saturated carbocycles. The fourth-order valence-corrected chi connectivity index (χ4v) is 1.61. The molecular weight excluding hydrogens is 246 g/mol. The second-order valence-corrected chi connectivity index (χ2v) is 4.53. The quantitative estimate of drug-likeness (QED) is 0.732. The molecule has 0 bridgehead atoms. The maximum absolute atomic E-state index is 6.11. The van der Waals surface area contributed by atoms with Gasteiger partial charge in [-0.1, -0.05) is 29.8 Å². The van der Waals surface area contributed by atoms with Crippen LogP contribution in [0, 0.1) is 6.92 Å². The second-order valence-electron chi connectivity index (χ2n) is 4.12. The van der Waals surface area contributed by atoms with Gasteiger partial charge >= 0.3 is 0 Å². The van der Waals surface area contributed by atoms with E-state index in [0.717, 1.165) is 11.1 Å². The predicted molar refractivity (Wildman–Crippen MR) is 78.6 cm³/mol. The van der Waals surface area contributed by atoms with Crippen LogP contribution in [0.2, 0.25) is 5.02 Å². The van der Waals surface area contributed by atoms with Crippen LogP contribution in [-0.4, -0.2) is 0 Å². The molecule has 0 heterocycles. The average Bonchev–Trinajstić information content (AvgIpc) is 2.29. The first kappa shape index (κ1) is 14.2. The normalized spacial score (nSPS) is 12.4. The molecule has 0 radical (unpaired) electrons. The van der Waals surface area contributed by atoms with Gasteiger partial charge in [0.2, 0.25) is 0 Å². The van der Waals surface area contributed by atoms with Gasteiger partial charge in [0.05, 0.1) is 0 Å². The Morgan fingerprint density at radius 2 is 2.00 bits per heavy atom. The minimum atomic E-state index is 0.461. The van der Waals surface area contributed by atoms with E-state index < -0.39 is 0 Å². The molecule has 3 nitrogen and oxygen atoms in total. The lowest BCUT2D eigenvalue weighted by Gasteiger charge is -2.11. The number of rotatable bonds is 4. The number of benzene rings is 1. The number of hydrogen-bond acceptors (Lipinski definition) is 3. The van der Waals surface area contributed by atoms with E-state index >= 15 is 0 Å². The maximum Gasteiger partial charge on any atom is 0.100 e. The van der Waals surface area contributed by atoms with Crippen molar-refractivity contribution >= 4 is 17.3 Å². The summed E-state index contributed by atoms with van der Waals surface area (Å²) in [7, 11) is 0. The topological polar surface area (TPSA) is 64.1 Å². The van der Waals surface area contributed by atoms with E-state index in [2.05, 4.69) is 11.9 Å². The van der Waals surface area contributed by atoms with Gasteiger partial charge in [-0.15, -0.1) is 0 Å². The molecule has 0 atom stereocenters. The largest absolute Gasteiger partial charge is 0.402 e. The highest BCUT2D eigenvalue weighted by Gasteiger charge is 2.04. The Morgan fingerprint density at radius 1 is 1.33 bits per heavy atom. The summed E-state index contributed by atoms with van der Waals surface area (Å²) >= 11 is 6.11. The third kappa shape index (κ3) is 4.18. The Kier molecular flexibility index (Phi) is 4.86. The van der Waals surface area contributed by atoms with Crippen molar-refractivity contribution in [2.45, 2.75) is 13.8 Å². The third-order valence-electron chi connectivity index (χ3n) is 2.27. The van der Waals surface area contributed by atoms with Gasteiger partial charge < -0.3 is 16.8 Å². The van der Waals surface area contributed by atoms with Crippen LogP contribution in [0.15, 0.2) is 48.4 Å². The van der Waals surface area contributed by atoms with Crippen molar-refractivity contribution in [3.63, 3.8) is 0 Å². The number of hydrogen-bond donors (Lipinski definition) is 3. The van der Waals surface area contributed by atoms with Gasteiger partial charge in [-0.2, -0.15) is 0 Å². The Morgan fingerprint density at radius 3 is 2.61 bits per heavy atom. The summed E-state index contributed by atoms with van der Waals surface area (Å²) in [6.45, 7) is 7.71. The molecule has 0 aromatic heterocycles. The number of nitrogens with two attached hydrogens (primary N) is 2. The van der Waals surface area contributed by atoms with Crippen LogP contribution in [0.4, 0.5) is 0 Å². The molecule has 18 heavy (non-hydrogen) atoms. The molecule has 0 unspecified atom stereocenters. The van der Waals surface area contributed by atoms with E-state index in [1.165, 1.54) is 0 Å². The molecule has 0 amide bonds. The Hall–Kier alpha value is -1.87. The molecular formula is C14H18ClN3. The first-order valence-corrected chi connectivity index (χ1v) is 5.90. The standard InChI is InChI=1S/C14H18ClN3/c1-9-4-6-13(15)12(8-9)11(3)18-14(17)7-5-10(2)16/h4-8,18H,3,16-17H2,1-2H3/b10-5-,14-7+. The monoisotopic (exact) mass is 263 g/mol. The van der Waals surface area contributed by atoms with Crippen molar-refractivity contribution in [1.82, 2.24) is 5.32 Å². The summed E-state index contributed by atoms with van der Waals surface area (Å²) in [5, 5.41) is 3.61. The molecule has 0 fully saturated rings. The van der Waals surface area contributed by atoms with Crippen LogP contribution in [0.5, 0.6) is 0 Å². The van der Waals surface area contributed by atoms with Gasteiger partial charge in [0, 0.05) is 22.0 Å². The van der Waals surface area contributed by atoms with Crippen LogP contribution in [0.25, 0.3) is 5.70 Å². The molecule has 0 aliphatic rings. The Labute approximate surface area is 113 Å². The van der Waals surface area contributed by atoms with E-state index in [9.17, 15) is 0 Å². The van der Waals surface area contributed by atoms with Crippen LogP contribution in [0.3, 0.4) is 0 Å². The third-order valence-corrected chi connectivity index (χ3v) is 2.60.